The second-order valence-corrected chi connectivity index (χ2v) is 5.47. The van der Waals surface area contributed by atoms with Gasteiger partial charge in [-0.25, -0.2) is 14.2 Å². The highest BCUT2D eigenvalue weighted by atomic mass is 35.5. The van der Waals surface area contributed by atoms with Crippen molar-refractivity contribution in [3.8, 4) is 5.75 Å². The third kappa shape index (κ3) is 3.17. The van der Waals surface area contributed by atoms with Crippen LogP contribution in [0.4, 0.5) is 10.1 Å². The minimum absolute atomic E-state index is 0.219. The first-order valence-corrected chi connectivity index (χ1v) is 6.65. The number of thiazole rings is 1. The minimum Gasteiger partial charge on any atom is -0.506 e. The molecular formula is C12H10ClFN2O3S. The van der Waals surface area contributed by atoms with Crippen molar-refractivity contribution in [1.82, 2.24) is 4.98 Å². The van der Waals surface area contributed by atoms with Crippen LogP contribution >= 0.6 is 22.9 Å². The summed E-state index contributed by atoms with van der Waals surface area (Å²) in [5.41, 5.74) is -0.0357. The van der Waals surface area contributed by atoms with Crippen molar-refractivity contribution in [1.29, 1.82) is 0 Å². The monoisotopic (exact) mass is 316 g/mol. The number of rotatable bonds is 4. The Morgan fingerprint density at radius 1 is 1.60 bits per heavy atom. The average Bonchev–Trinajstić information content (AvgIpc) is 2.83. The van der Waals surface area contributed by atoms with Crippen LogP contribution in [0.1, 0.15) is 15.2 Å². The standard InChI is InChI=1S/C12H10ClFN2O3S/c1-19-11(18)7-2-9(10(17)3-8(7)14)15-4-6-5-16-12(13)20-6/h2-3,5,15,17H,4H2,1H3. The van der Waals surface area contributed by atoms with E-state index >= 15 is 0 Å². The fourth-order valence-corrected chi connectivity index (χ4v) is 2.44. The van der Waals surface area contributed by atoms with Crippen LogP contribution in [0.5, 0.6) is 5.75 Å². The van der Waals surface area contributed by atoms with Crippen molar-refractivity contribution in [3.05, 3.63) is 39.1 Å². The lowest BCUT2D eigenvalue weighted by Crippen LogP contribution is -2.06. The van der Waals surface area contributed by atoms with E-state index in [1.807, 2.05) is 0 Å². The van der Waals surface area contributed by atoms with E-state index < -0.39 is 11.8 Å². The summed E-state index contributed by atoms with van der Waals surface area (Å²) in [6.07, 6.45) is 1.59. The van der Waals surface area contributed by atoms with Crippen molar-refractivity contribution >= 4 is 34.6 Å². The highest BCUT2D eigenvalue weighted by Gasteiger charge is 2.16. The summed E-state index contributed by atoms with van der Waals surface area (Å²) in [6.45, 7) is 0.337. The summed E-state index contributed by atoms with van der Waals surface area (Å²) in [6, 6.07) is 2.05. The van der Waals surface area contributed by atoms with Gasteiger partial charge in [-0.15, -0.1) is 11.3 Å². The molecule has 1 heterocycles. The van der Waals surface area contributed by atoms with Gasteiger partial charge in [0, 0.05) is 17.1 Å². The van der Waals surface area contributed by atoms with Gasteiger partial charge in [0.1, 0.15) is 11.6 Å². The van der Waals surface area contributed by atoms with Crippen molar-refractivity contribution in [3.63, 3.8) is 0 Å². The highest BCUT2D eigenvalue weighted by molar-refractivity contribution is 7.15. The number of carbonyl (C=O) groups is 1. The van der Waals surface area contributed by atoms with Crippen LogP contribution in [0.25, 0.3) is 0 Å². The zero-order chi connectivity index (χ0) is 14.7. The van der Waals surface area contributed by atoms with Gasteiger partial charge in [0.15, 0.2) is 4.47 Å². The highest BCUT2D eigenvalue weighted by Crippen LogP contribution is 2.28. The van der Waals surface area contributed by atoms with Crippen LogP contribution in [-0.2, 0) is 11.3 Å². The normalized spacial score (nSPS) is 10.3. The number of benzene rings is 1. The molecule has 0 aliphatic carbocycles. The summed E-state index contributed by atoms with van der Waals surface area (Å²) >= 11 is 6.97. The Balaban J connectivity index is 2.20. The lowest BCUT2D eigenvalue weighted by Gasteiger charge is -2.09. The molecule has 0 aliphatic rings. The molecule has 0 spiro atoms. The fourth-order valence-electron chi connectivity index (χ4n) is 1.52. The Morgan fingerprint density at radius 2 is 2.35 bits per heavy atom. The number of hydrogen-bond acceptors (Lipinski definition) is 6. The first-order valence-electron chi connectivity index (χ1n) is 5.46. The summed E-state index contributed by atoms with van der Waals surface area (Å²) in [4.78, 5) is 16.1. The third-order valence-corrected chi connectivity index (χ3v) is 3.58. The number of methoxy groups -OCH3 is 1. The van der Waals surface area contributed by atoms with Crippen LogP contribution in [0.3, 0.4) is 0 Å². The maximum atomic E-state index is 13.5. The molecule has 20 heavy (non-hydrogen) atoms. The first-order chi connectivity index (χ1) is 9.51. The Labute approximate surface area is 123 Å². The smallest absolute Gasteiger partial charge is 0.340 e. The molecular weight excluding hydrogens is 307 g/mol. The topological polar surface area (TPSA) is 71.5 Å². The average molecular weight is 317 g/mol. The molecule has 0 aliphatic heterocycles. The number of phenols is 1. The molecule has 0 radical (unpaired) electrons. The number of ether oxygens (including phenoxy) is 1. The summed E-state index contributed by atoms with van der Waals surface area (Å²) in [5, 5.41) is 12.5. The second-order valence-electron chi connectivity index (χ2n) is 3.77. The molecule has 2 N–H and O–H groups in total. The first kappa shape index (κ1) is 14.5. The van der Waals surface area contributed by atoms with Gasteiger partial charge in [-0.1, -0.05) is 11.6 Å². The lowest BCUT2D eigenvalue weighted by molar-refractivity contribution is 0.0595. The Morgan fingerprint density at radius 3 is 2.95 bits per heavy atom. The molecule has 0 unspecified atom stereocenters. The number of phenolic OH excluding ortho intramolecular Hbond substituents is 1. The zero-order valence-electron chi connectivity index (χ0n) is 10.3. The van der Waals surface area contributed by atoms with Crippen LogP contribution < -0.4 is 5.32 Å². The third-order valence-electron chi connectivity index (χ3n) is 2.47. The molecule has 0 atom stereocenters. The molecule has 1 aromatic heterocycles. The molecule has 2 aromatic rings. The number of nitrogens with zero attached hydrogens (tertiary/aromatic N) is 1. The van der Waals surface area contributed by atoms with Gasteiger partial charge < -0.3 is 15.2 Å². The largest absolute Gasteiger partial charge is 0.506 e. The van der Waals surface area contributed by atoms with Crippen LogP contribution in [0, 0.1) is 5.82 Å². The van der Waals surface area contributed by atoms with E-state index in [9.17, 15) is 14.3 Å². The van der Waals surface area contributed by atoms with Gasteiger partial charge in [0.25, 0.3) is 0 Å². The second kappa shape index (κ2) is 6.06. The van der Waals surface area contributed by atoms with Gasteiger partial charge in [0.2, 0.25) is 0 Å². The molecule has 5 nitrogen and oxygen atoms in total. The number of hydrogen-bond donors (Lipinski definition) is 2. The molecule has 2 rings (SSSR count). The molecule has 0 fully saturated rings. The van der Waals surface area contributed by atoms with Crippen LogP contribution in [-0.4, -0.2) is 23.2 Å². The Hall–Kier alpha value is -1.86. The predicted molar refractivity (Wildman–Crippen MR) is 73.9 cm³/mol. The summed E-state index contributed by atoms with van der Waals surface area (Å²) in [7, 11) is 1.15. The van der Waals surface area contributed by atoms with Crippen molar-refractivity contribution in [2.45, 2.75) is 6.54 Å². The Bertz CT molecular complexity index is 648. The van der Waals surface area contributed by atoms with E-state index in [1.54, 1.807) is 6.20 Å². The molecule has 0 amide bonds. The van der Waals surface area contributed by atoms with E-state index in [1.165, 1.54) is 17.4 Å². The quantitative estimate of drug-likeness (QED) is 0.670. The van der Waals surface area contributed by atoms with E-state index in [0.717, 1.165) is 18.1 Å². The maximum absolute atomic E-state index is 13.5. The van der Waals surface area contributed by atoms with Crippen molar-refractivity contribution in [2.75, 3.05) is 12.4 Å². The number of nitrogens with one attached hydrogen (secondary N) is 1. The lowest BCUT2D eigenvalue weighted by atomic mass is 10.1. The van der Waals surface area contributed by atoms with E-state index in [-0.39, 0.29) is 17.0 Å². The van der Waals surface area contributed by atoms with E-state index in [2.05, 4.69) is 15.0 Å². The van der Waals surface area contributed by atoms with E-state index in [0.29, 0.717) is 11.0 Å². The van der Waals surface area contributed by atoms with Gasteiger partial charge >= 0.3 is 5.97 Å². The van der Waals surface area contributed by atoms with Gasteiger partial charge in [-0.3, -0.25) is 0 Å². The van der Waals surface area contributed by atoms with Crippen molar-refractivity contribution < 1.29 is 19.0 Å². The van der Waals surface area contributed by atoms with Gasteiger partial charge in [-0.2, -0.15) is 0 Å². The predicted octanol–water partition coefficient (Wildman–Crippen LogP) is 3.04. The molecule has 0 saturated heterocycles. The fraction of sp³-hybridized carbons (Fsp3) is 0.167. The molecule has 106 valence electrons. The number of carbonyl (C=O) groups excluding carboxylic acids is 1. The SMILES string of the molecule is COC(=O)c1cc(NCc2cnc(Cl)s2)c(O)cc1F. The van der Waals surface area contributed by atoms with Gasteiger partial charge in [0.05, 0.1) is 24.9 Å². The minimum atomic E-state index is -0.847. The van der Waals surface area contributed by atoms with E-state index in [4.69, 9.17) is 11.6 Å². The molecule has 0 bridgehead atoms. The zero-order valence-corrected chi connectivity index (χ0v) is 11.9. The summed E-state index contributed by atoms with van der Waals surface area (Å²) < 4.78 is 18.4. The molecule has 8 heteroatoms. The number of esters is 1. The van der Waals surface area contributed by atoms with Crippen LogP contribution in [0.2, 0.25) is 4.47 Å². The maximum Gasteiger partial charge on any atom is 0.340 e. The number of halogens is 2. The number of aromatic nitrogens is 1. The number of anilines is 1. The summed E-state index contributed by atoms with van der Waals surface area (Å²) in [5.74, 6) is -1.96. The molecule has 0 saturated carbocycles. The number of aromatic hydroxyl groups is 1. The van der Waals surface area contributed by atoms with Gasteiger partial charge in [-0.05, 0) is 6.07 Å². The van der Waals surface area contributed by atoms with Crippen LogP contribution in [0.15, 0.2) is 18.3 Å². The molecule has 1 aromatic carbocycles. The van der Waals surface area contributed by atoms with Crippen molar-refractivity contribution in [2.24, 2.45) is 0 Å². The Kier molecular flexibility index (Phi) is 4.41.